The zero-order valence-corrected chi connectivity index (χ0v) is 12.3. The summed E-state index contributed by atoms with van der Waals surface area (Å²) in [7, 11) is 0. The number of halogens is 1. The summed E-state index contributed by atoms with van der Waals surface area (Å²) < 4.78 is 14.1. The SMILES string of the molecule is O=C/C(=C/C1CCCC1)c1ccc(SC2CC2)c(F)c1. The highest BCUT2D eigenvalue weighted by Gasteiger charge is 2.24. The third-order valence-corrected chi connectivity index (χ3v) is 5.42. The summed E-state index contributed by atoms with van der Waals surface area (Å²) in [6, 6.07) is 5.21. The van der Waals surface area contributed by atoms with Gasteiger partial charge >= 0.3 is 0 Å². The van der Waals surface area contributed by atoms with Crippen LogP contribution in [0.15, 0.2) is 29.2 Å². The van der Waals surface area contributed by atoms with E-state index < -0.39 is 0 Å². The molecular weight excluding hydrogens is 271 g/mol. The molecule has 0 unspecified atom stereocenters. The van der Waals surface area contributed by atoms with Crippen molar-refractivity contribution < 1.29 is 9.18 Å². The highest BCUT2D eigenvalue weighted by molar-refractivity contribution is 8.00. The molecular formula is C17H19FOS. The van der Waals surface area contributed by atoms with Crippen molar-refractivity contribution in [3.8, 4) is 0 Å². The first-order chi connectivity index (χ1) is 9.76. The quantitative estimate of drug-likeness (QED) is 0.569. The zero-order chi connectivity index (χ0) is 13.9. The zero-order valence-electron chi connectivity index (χ0n) is 11.5. The molecule has 0 atom stereocenters. The van der Waals surface area contributed by atoms with Crippen LogP contribution in [-0.4, -0.2) is 11.5 Å². The maximum atomic E-state index is 14.1. The Bertz CT molecular complexity index is 528. The first-order valence-electron chi connectivity index (χ1n) is 7.40. The van der Waals surface area contributed by atoms with Gasteiger partial charge in [-0.25, -0.2) is 4.39 Å². The number of benzene rings is 1. The molecule has 106 valence electrons. The van der Waals surface area contributed by atoms with E-state index >= 15 is 0 Å². The molecule has 0 radical (unpaired) electrons. The average Bonchev–Trinajstić information content (AvgIpc) is 3.12. The van der Waals surface area contributed by atoms with Crippen LogP contribution in [0.1, 0.15) is 44.1 Å². The molecule has 2 saturated carbocycles. The van der Waals surface area contributed by atoms with Crippen molar-refractivity contribution in [2.45, 2.75) is 48.7 Å². The van der Waals surface area contributed by atoms with Crippen molar-refractivity contribution >= 4 is 23.6 Å². The third-order valence-electron chi connectivity index (χ3n) is 4.03. The smallest absolute Gasteiger partial charge is 0.150 e. The summed E-state index contributed by atoms with van der Waals surface area (Å²) in [5.74, 6) is 0.289. The first-order valence-corrected chi connectivity index (χ1v) is 8.28. The van der Waals surface area contributed by atoms with Crippen LogP contribution in [0.3, 0.4) is 0 Å². The summed E-state index contributed by atoms with van der Waals surface area (Å²) in [5.41, 5.74) is 1.35. The Kier molecular flexibility index (Phi) is 4.25. The van der Waals surface area contributed by atoms with E-state index in [0.717, 1.165) is 19.1 Å². The van der Waals surface area contributed by atoms with Gasteiger partial charge in [0, 0.05) is 15.7 Å². The molecule has 2 aliphatic carbocycles. The van der Waals surface area contributed by atoms with E-state index in [0.29, 0.717) is 27.2 Å². The van der Waals surface area contributed by atoms with Crippen LogP contribution in [0.25, 0.3) is 5.57 Å². The molecule has 0 amide bonds. The minimum Gasteiger partial charge on any atom is -0.298 e. The summed E-state index contributed by atoms with van der Waals surface area (Å²) in [4.78, 5) is 12.0. The van der Waals surface area contributed by atoms with Gasteiger partial charge < -0.3 is 0 Å². The molecule has 1 aromatic rings. The summed E-state index contributed by atoms with van der Waals surface area (Å²) in [6.07, 6.45) is 10.0. The first kappa shape index (κ1) is 13.9. The van der Waals surface area contributed by atoms with Gasteiger partial charge in [-0.05, 0) is 49.3 Å². The van der Waals surface area contributed by atoms with Crippen LogP contribution in [0.5, 0.6) is 0 Å². The fourth-order valence-corrected chi connectivity index (χ4v) is 3.77. The normalized spacial score (nSPS) is 20.4. The molecule has 0 aliphatic heterocycles. The van der Waals surface area contributed by atoms with Crippen LogP contribution < -0.4 is 0 Å². The summed E-state index contributed by atoms with van der Waals surface area (Å²) >= 11 is 1.61. The predicted octanol–water partition coefficient (Wildman–Crippen LogP) is 4.85. The molecule has 1 nitrogen and oxygen atoms in total. The predicted molar refractivity (Wildman–Crippen MR) is 81.3 cm³/mol. The van der Waals surface area contributed by atoms with E-state index in [1.807, 2.05) is 18.2 Å². The summed E-state index contributed by atoms with van der Waals surface area (Å²) in [6.45, 7) is 0. The Hall–Kier alpha value is -1.09. The number of allylic oxidation sites excluding steroid dienone is 2. The lowest BCUT2D eigenvalue weighted by Crippen LogP contribution is -1.94. The Labute approximate surface area is 123 Å². The molecule has 0 aromatic heterocycles. The van der Waals surface area contributed by atoms with Crippen LogP contribution in [0.4, 0.5) is 4.39 Å². The second kappa shape index (κ2) is 6.13. The molecule has 3 heteroatoms. The van der Waals surface area contributed by atoms with Gasteiger partial charge in [0.25, 0.3) is 0 Å². The van der Waals surface area contributed by atoms with Crippen LogP contribution >= 0.6 is 11.8 Å². The average molecular weight is 290 g/mol. The lowest BCUT2D eigenvalue weighted by Gasteiger charge is -2.08. The monoisotopic (exact) mass is 290 g/mol. The third kappa shape index (κ3) is 3.32. The molecule has 3 rings (SSSR count). The molecule has 2 aliphatic rings. The molecule has 1 aromatic carbocycles. The molecule has 20 heavy (non-hydrogen) atoms. The van der Waals surface area contributed by atoms with Gasteiger partial charge in [0.1, 0.15) is 12.1 Å². The van der Waals surface area contributed by atoms with Gasteiger partial charge in [0.15, 0.2) is 0 Å². The Balaban J connectivity index is 1.80. The number of aldehydes is 1. The number of carbonyl (C=O) groups excluding carboxylic acids is 1. The number of rotatable bonds is 5. The lowest BCUT2D eigenvalue weighted by atomic mass is 9.99. The molecule has 0 N–H and O–H groups in total. The van der Waals surface area contributed by atoms with E-state index in [1.54, 1.807) is 11.8 Å². The van der Waals surface area contributed by atoms with Crippen molar-refractivity contribution in [2.75, 3.05) is 0 Å². The Morgan fingerprint density at radius 2 is 1.95 bits per heavy atom. The molecule has 2 fully saturated rings. The minimum atomic E-state index is -0.196. The van der Waals surface area contributed by atoms with Gasteiger partial charge in [-0.15, -0.1) is 11.8 Å². The number of carbonyl (C=O) groups is 1. The van der Waals surface area contributed by atoms with E-state index in [-0.39, 0.29) is 5.82 Å². The van der Waals surface area contributed by atoms with Crippen molar-refractivity contribution in [1.29, 1.82) is 0 Å². The van der Waals surface area contributed by atoms with E-state index in [9.17, 15) is 9.18 Å². The summed E-state index contributed by atoms with van der Waals surface area (Å²) in [5, 5.41) is 0.593. The van der Waals surface area contributed by atoms with Crippen molar-refractivity contribution in [3.05, 3.63) is 35.7 Å². The maximum absolute atomic E-state index is 14.1. The molecule has 0 bridgehead atoms. The van der Waals surface area contributed by atoms with Gasteiger partial charge in [-0.3, -0.25) is 4.79 Å². The van der Waals surface area contributed by atoms with E-state index in [4.69, 9.17) is 0 Å². The van der Waals surface area contributed by atoms with E-state index in [2.05, 4.69) is 0 Å². The largest absolute Gasteiger partial charge is 0.298 e. The van der Waals surface area contributed by atoms with Crippen molar-refractivity contribution in [3.63, 3.8) is 0 Å². The Morgan fingerprint density at radius 3 is 2.55 bits per heavy atom. The minimum absolute atomic E-state index is 0.196. The number of hydrogen-bond donors (Lipinski definition) is 0. The fourth-order valence-electron chi connectivity index (χ4n) is 2.72. The highest BCUT2D eigenvalue weighted by Crippen LogP contribution is 2.40. The van der Waals surface area contributed by atoms with Gasteiger partial charge in [-0.1, -0.05) is 25.0 Å². The fraction of sp³-hybridized carbons (Fsp3) is 0.471. The lowest BCUT2D eigenvalue weighted by molar-refractivity contribution is -0.103. The van der Waals surface area contributed by atoms with Crippen LogP contribution in [0.2, 0.25) is 0 Å². The second-order valence-corrected chi connectivity index (χ2v) is 7.09. The molecule has 0 spiro atoms. The van der Waals surface area contributed by atoms with Crippen LogP contribution in [-0.2, 0) is 4.79 Å². The molecule has 0 saturated heterocycles. The van der Waals surface area contributed by atoms with Gasteiger partial charge in [0.2, 0.25) is 0 Å². The second-order valence-electron chi connectivity index (χ2n) is 5.75. The Morgan fingerprint density at radius 1 is 1.20 bits per heavy atom. The number of thioether (sulfide) groups is 1. The van der Waals surface area contributed by atoms with Crippen molar-refractivity contribution in [2.24, 2.45) is 5.92 Å². The molecule has 0 heterocycles. The topological polar surface area (TPSA) is 17.1 Å². The highest BCUT2D eigenvalue weighted by atomic mass is 32.2. The van der Waals surface area contributed by atoms with Crippen LogP contribution in [0, 0.1) is 11.7 Å². The van der Waals surface area contributed by atoms with Gasteiger partial charge in [-0.2, -0.15) is 0 Å². The van der Waals surface area contributed by atoms with Gasteiger partial charge in [0.05, 0.1) is 0 Å². The standard InChI is InChI=1S/C17H19FOS/c18-16-10-13(5-8-17(16)20-15-6-7-15)14(11-19)9-12-3-1-2-4-12/h5,8-12,15H,1-4,6-7H2/b14-9-. The number of hydrogen-bond acceptors (Lipinski definition) is 2. The van der Waals surface area contributed by atoms with E-state index in [1.165, 1.54) is 31.7 Å². The maximum Gasteiger partial charge on any atom is 0.150 e. The van der Waals surface area contributed by atoms with Crippen molar-refractivity contribution in [1.82, 2.24) is 0 Å².